The van der Waals surface area contributed by atoms with E-state index in [4.69, 9.17) is 9.47 Å². The lowest BCUT2D eigenvalue weighted by molar-refractivity contribution is -0.313. The highest BCUT2D eigenvalue weighted by atomic mass is 16.7. The van der Waals surface area contributed by atoms with Gasteiger partial charge in [0.15, 0.2) is 6.29 Å². The lowest BCUT2D eigenvalue weighted by Crippen LogP contribution is -2.60. The Morgan fingerprint density at radius 1 is 0.976 bits per heavy atom. The summed E-state index contributed by atoms with van der Waals surface area (Å²) in [6.07, 6.45) is 6.13. The third-order valence-corrected chi connectivity index (χ3v) is 13.9. The summed E-state index contributed by atoms with van der Waals surface area (Å²) in [6, 6.07) is 1.34. The molecule has 3 aliphatic heterocycles. The van der Waals surface area contributed by atoms with E-state index >= 15 is 0 Å². The van der Waals surface area contributed by atoms with Crippen LogP contribution in [-0.4, -0.2) is 99.1 Å². The van der Waals surface area contributed by atoms with Crippen LogP contribution in [0, 0.1) is 46.3 Å². The third-order valence-electron chi connectivity index (χ3n) is 13.9. The predicted molar refractivity (Wildman–Crippen MR) is 152 cm³/mol. The van der Waals surface area contributed by atoms with E-state index in [1.54, 1.807) is 0 Å². The Labute approximate surface area is 245 Å². The van der Waals surface area contributed by atoms with Gasteiger partial charge in [-0.2, -0.15) is 0 Å². The van der Waals surface area contributed by atoms with E-state index in [2.05, 4.69) is 31.7 Å². The summed E-state index contributed by atoms with van der Waals surface area (Å²) < 4.78 is 11.9. The average Bonchev–Trinajstić information content (AvgIpc) is 3.46. The molecule has 8 heteroatoms. The van der Waals surface area contributed by atoms with Crippen molar-refractivity contribution in [1.29, 1.82) is 0 Å². The van der Waals surface area contributed by atoms with Crippen LogP contribution in [0.1, 0.15) is 78.6 Å². The second-order valence-corrected chi connectivity index (χ2v) is 15.5. The van der Waals surface area contributed by atoms with Crippen LogP contribution in [0.4, 0.5) is 0 Å². The maximum atomic E-state index is 11.1. The number of fused-ring (bicyclic) bond motifs is 9. The normalized spacial score (nSPS) is 56.7. The molecule has 16 atom stereocenters. The molecule has 8 nitrogen and oxygen atoms in total. The Bertz CT molecular complexity index is 1020. The fourth-order valence-corrected chi connectivity index (χ4v) is 11.9. The highest BCUT2D eigenvalue weighted by Gasteiger charge is 2.68. The van der Waals surface area contributed by atoms with E-state index in [1.807, 2.05) is 0 Å². The van der Waals surface area contributed by atoms with Crippen LogP contribution in [0.15, 0.2) is 11.6 Å². The maximum absolute atomic E-state index is 11.1. The van der Waals surface area contributed by atoms with Gasteiger partial charge in [-0.1, -0.05) is 32.4 Å². The second kappa shape index (κ2) is 10.5. The summed E-state index contributed by atoms with van der Waals surface area (Å²) in [6.45, 7) is 8.50. The van der Waals surface area contributed by atoms with Gasteiger partial charge in [-0.25, -0.2) is 0 Å². The maximum Gasteiger partial charge on any atom is 0.186 e. The molecule has 3 saturated heterocycles. The van der Waals surface area contributed by atoms with Crippen molar-refractivity contribution in [3.8, 4) is 0 Å². The number of allylic oxidation sites excluding steroid dienone is 1. The van der Waals surface area contributed by atoms with E-state index in [9.17, 15) is 25.5 Å². The topological polar surface area (TPSA) is 123 Å². The van der Waals surface area contributed by atoms with Gasteiger partial charge in [-0.15, -0.1) is 0 Å². The fraction of sp³-hybridized carbons (Fsp3) is 0.939. The molecule has 3 heterocycles. The number of aliphatic hydroxyl groups is 5. The molecule has 3 saturated carbocycles. The minimum Gasteiger partial charge on any atom is -0.396 e. The first-order valence-electron chi connectivity index (χ1n) is 16.6. The lowest BCUT2D eigenvalue weighted by Gasteiger charge is -2.59. The molecule has 0 amide bonds. The molecule has 0 aromatic rings. The van der Waals surface area contributed by atoms with Crippen LogP contribution in [0.5, 0.6) is 0 Å². The zero-order chi connectivity index (χ0) is 28.8. The summed E-state index contributed by atoms with van der Waals surface area (Å²) in [5, 5.41) is 51.6. The van der Waals surface area contributed by atoms with E-state index in [1.165, 1.54) is 37.8 Å². The predicted octanol–water partition coefficient (Wildman–Crippen LogP) is 2.45. The van der Waals surface area contributed by atoms with Crippen molar-refractivity contribution < 1.29 is 35.0 Å². The van der Waals surface area contributed by atoms with E-state index < -0.39 is 37.3 Å². The quantitative estimate of drug-likeness (QED) is 0.324. The monoisotopic (exact) mass is 575 g/mol. The Kier molecular flexibility index (Phi) is 7.47. The Balaban J connectivity index is 1.09. The van der Waals surface area contributed by atoms with Gasteiger partial charge in [-0.05, 0) is 98.7 Å². The summed E-state index contributed by atoms with van der Waals surface area (Å²) in [5.74, 6) is 3.88. The minimum absolute atomic E-state index is 0.0664. The highest BCUT2D eigenvalue weighted by Crippen LogP contribution is 2.70. The molecule has 0 radical (unpaired) electrons. The van der Waals surface area contributed by atoms with Gasteiger partial charge in [0.05, 0.1) is 12.7 Å². The van der Waals surface area contributed by atoms with Crippen LogP contribution in [-0.2, 0) is 9.47 Å². The SMILES string of the molecule is CC1CCC2C(C)C3C(CC4C5CC=C6CC(OC7OC(CO)C(O)C(O)C7O)CCC6(C)C5CCC43CO)N2C1. The van der Waals surface area contributed by atoms with E-state index in [0.29, 0.717) is 48.3 Å². The number of hydrogen-bond acceptors (Lipinski definition) is 8. The number of rotatable bonds is 4. The smallest absolute Gasteiger partial charge is 0.186 e. The Hall–Kier alpha value is -0.580. The number of hydrogen-bond donors (Lipinski definition) is 5. The summed E-state index contributed by atoms with van der Waals surface area (Å²) in [5.41, 5.74) is 1.63. The highest BCUT2D eigenvalue weighted by molar-refractivity contribution is 5.27. The van der Waals surface area contributed by atoms with Gasteiger partial charge in [-0.3, -0.25) is 4.90 Å². The van der Waals surface area contributed by atoms with Crippen LogP contribution in [0.25, 0.3) is 0 Å². The number of aliphatic hydroxyl groups excluding tert-OH is 5. The molecule has 0 aromatic heterocycles. The van der Waals surface area contributed by atoms with Crippen molar-refractivity contribution in [2.75, 3.05) is 19.8 Å². The second-order valence-electron chi connectivity index (χ2n) is 15.5. The zero-order valence-electron chi connectivity index (χ0n) is 25.1. The van der Waals surface area contributed by atoms with Crippen molar-refractivity contribution >= 4 is 0 Å². The molecule has 7 rings (SSSR count). The molecule has 0 aromatic carbocycles. The minimum atomic E-state index is -1.42. The van der Waals surface area contributed by atoms with Crippen molar-refractivity contribution in [2.45, 2.75) is 127 Å². The van der Waals surface area contributed by atoms with Crippen LogP contribution >= 0.6 is 0 Å². The largest absolute Gasteiger partial charge is 0.396 e. The molecule has 4 aliphatic carbocycles. The Morgan fingerprint density at radius 2 is 1.78 bits per heavy atom. The summed E-state index contributed by atoms with van der Waals surface area (Å²) >= 11 is 0. The van der Waals surface area contributed by atoms with Crippen LogP contribution in [0.2, 0.25) is 0 Å². The van der Waals surface area contributed by atoms with E-state index in [-0.39, 0.29) is 16.9 Å². The van der Waals surface area contributed by atoms with Gasteiger partial charge in [0.1, 0.15) is 24.4 Å². The van der Waals surface area contributed by atoms with E-state index in [0.717, 1.165) is 38.0 Å². The van der Waals surface area contributed by atoms with Crippen molar-refractivity contribution in [3.63, 3.8) is 0 Å². The molecular weight excluding hydrogens is 522 g/mol. The van der Waals surface area contributed by atoms with Gasteiger partial charge >= 0.3 is 0 Å². The van der Waals surface area contributed by atoms with Crippen molar-refractivity contribution in [2.24, 2.45) is 46.3 Å². The molecule has 7 aliphatic rings. The Morgan fingerprint density at radius 3 is 2.54 bits per heavy atom. The molecule has 232 valence electrons. The number of nitrogens with zero attached hydrogens (tertiary/aromatic N) is 1. The molecule has 0 bridgehead atoms. The number of piperidine rings is 1. The standard InChI is InChI=1S/C33H53NO7/c1-17-4-7-24-18(2)27-25(34(24)14-17)13-23-21-6-5-19-12-20(40-31-30(39)29(38)28(37)26(15-35)41-31)8-10-32(19,3)22(21)9-11-33(23,27)16-36/h5,17-18,20-31,35-39H,4,6-16H2,1-3H3. The number of ether oxygens (including phenoxy) is 2. The van der Waals surface area contributed by atoms with Crippen molar-refractivity contribution in [3.05, 3.63) is 11.6 Å². The van der Waals surface area contributed by atoms with Crippen molar-refractivity contribution in [1.82, 2.24) is 4.90 Å². The average molecular weight is 576 g/mol. The molecule has 16 unspecified atom stereocenters. The molecule has 0 spiro atoms. The summed E-state index contributed by atoms with van der Waals surface area (Å²) in [7, 11) is 0. The molecular formula is C33H53NO7. The van der Waals surface area contributed by atoms with Gasteiger partial charge in [0.2, 0.25) is 0 Å². The first kappa shape index (κ1) is 29.1. The first-order chi connectivity index (χ1) is 19.6. The van der Waals surface area contributed by atoms with Gasteiger partial charge < -0.3 is 35.0 Å². The molecule has 6 fully saturated rings. The lowest BCUT2D eigenvalue weighted by atomic mass is 9.46. The molecule has 41 heavy (non-hydrogen) atoms. The third kappa shape index (κ3) is 4.22. The van der Waals surface area contributed by atoms with Crippen LogP contribution < -0.4 is 0 Å². The van der Waals surface area contributed by atoms with Gasteiger partial charge in [0.25, 0.3) is 0 Å². The van der Waals surface area contributed by atoms with Crippen LogP contribution in [0.3, 0.4) is 0 Å². The fourth-order valence-electron chi connectivity index (χ4n) is 11.9. The molecule has 5 N–H and O–H groups in total. The first-order valence-corrected chi connectivity index (χ1v) is 16.6. The van der Waals surface area contributed by atoms with Gasteiger partial charge in [0, 0.05) is 30.7 Å². The zero-order valence-corrected chi connectivity index (χ0v) is 25.1. The summed E-state index contributed by atoms with van der Waals surface area (Å²) in [4.78, 5) is 2.89.